The number of nitro groups is 1. The quantitative estimate of drug-likeness (QED) is 0.670. The number of carbonyl (C=O) groups excluding carboxylic acids is 1. The van der Waals surface area contributed by atoms with Gasteiger partial charge in [-0.15, -0.1) is 0 Å². The van der Waals surface area contributed by atoms with Crippen LogP contribution in [0.2, 0.25) is 0 Å². The fourth-order valence-electron chi connectivity index (χ4n) is 2.65. The summed E-state index contributed by atoms with van der Waals surface area (Å²) in [6, 6.07) is 3.13. The van der Waals surface area contributed by atoms with Crippen molar-refractivity contribution in [3.05, 3.63) is 28.4 Å². The van der Waals surface area contributed by atoms with Gasteiger partial charge in [0, 0.05) is 25.7 Å². The Bertz CT molecular complexity index is 583. The fraction of sp³-hybridized carbons (Fsp3) is 0.625. The largest absolute Gasteiger partial charge is 0.444 e. The van der Waals surface area contributed by atoms with Gasteiger partial charge in [-0.1, -0.05) is 0 Å². The third kappa shape index (κ3) is 5.36. The normalized spacial score (nSPS) is 18.1. The second-order valence-corrected chi connectivity index (χ2v) is 6.97. The average Bonchev–Trinajstić information content (AvgIpc) is 2.52. The maximum atomic E-state index is 11.7. The van der Waals surface area contributed by atoms with E-state index in [2.05, 4.69) is 15.2 Å². The zero-order valence-corrected chi connectivity index (χ0v) is 14.3. The molecule has 0 radical (unpaired) electrons. The van der Waals surface area contributed by atoms with Crippen LogP contribution in [0.15, 0.2) is 18.3 Å². The number of nitrogens with one attached hydrogen (secondary N) is 1. The lowest BCUT2D eigenvalue weighted by atomic mass is 9.98. The number of amides is 1. The van der Waals surface area contributed by atoms with Crippen LogP contribution in [0.25, 0.3) is 0 Å². The minimum absolute atomic E-state index is 0.0149. The molecular weight excluding hydrogens is 312 g/mol. The van der Waals surface area contributed by atoms with Gasteiger partial charge in [-0.05, 0) is 45.6 Å². The van der Waals surface area contributed by atoms with Gasteiger partial charge in [0.2, 0.25) is 0 Å². The number of alkyl carbamates (subject to hydrolysis) is 1. The molecule has 1 fully saturated rings. The van der Waals surface area contributed by atoms with E-state index in [9.17, 15) is 14.9 Å². The summed E-state index contributed by atoms with van der Waals surface area (Å²) in [7, 11) is 0. The molecule has 2 rings (SSSR count). The van der Waals surface area contributed by atoms with Gasteiger partial charge in [0.1, 0.15) is 17.6 Å². The van der Waals surface area contributed by atoms with E-state index >= 15 is 0 Å². The van der Waals surface area contributed by atoms with Gasteiger partial charge in [-0.25, -0.2) is 9.78 Å². The van der Waals surface area contributed by atoms with Crippen molar-refractivity contribution in [1.82, 2.24) is 10.3 Å². The Balaban J connectivity index is 1.87. The lowest BCUT2D eigenvalue weighted by Crippen LogP contribution is -2.42. The smallest absolute Gasteiger partial charge is 0.407 e. The van der Waals surface area contributed by atoms with Crippen LogP contribution in [0.4, 0.5) is 16.3 Å². The SMILES string of the molecule is CC(C)(C)OC(=O)NC[C@H]1CCCN(c2ccc([N+](=O)[O-])cn2)C1. The monoisotopic (exact) mass is 336 g/mol. The molecule has 1 N–H and O–H groups in total. The Morgan fingerprint density at radius 3 is 2.83 bits per heavy atom. The maximum Gasteiger partial charge on any atom is 0.407 e. The van der Waals surface area contributed by atoms with Crippen molar-refractivity contribution in [2.45, 2.75) is 39.2 Å². The highest BCUT2D eigenvalue weighted by atomic mass is 16.6. The van der Waals surface area contributed by atoms with Gasteiger partial charge in [-0.3, -0.25) is 10.1 Å². The van der Waals surface area contributed by atoms with E-state index in [0.29, 0.717) is 12.5 Å². The first-order valence-electron chi connectivity index (χ1n) is 8.07. The van der Waals surface area contributed by atoms with Gasteiger partial charge in [0.25, 0.3) is 5.69 Å². The number of rotatable bonds is 4. The number of hydrogen-bond acceptors (Lipinski definition) is 6. The van der Waals surface area contributed by atoms with E-state index in [-0.39, 0.29) is 5.69 Å². The van der Waals surface area contributed by atoms with Gasteiger partial charge >= 0.3 is 6.09 Å². The Hall–Kier alpha value is -2.38. The molecular formula is C16H24N4O4. The molecule has 1 aliphatic rings. The topological polar surface area (TPSA) is 97.6 Å². The lowest BCUT2D eigenvalue weighted by Gasteiger charge is -2.33. The van der Waals surface area contributed by atoms with E-state index in [1.165, 1.54) is 12.3 Å². The van der Waals surface area contributed by atoms with Crippen LogP contribution < -0.4 is 10.2 Å². The zero-order chi connectivity index (χ0) is 17.7. The number of anilines is 1. The van der Waals surface area contributed by atoms with Crippen molar-refractivity contribution in [1.29, 1.82) is 0 Å². The van der Waals surface area contributed by atoms with Gasteiger partial charge in [0.05, 0.1) is 4.92 Å². The molecule has 0 saturated carbocycles. The number of ether oxygens (including phenoxy) is 1. The molecule has 1 aromatic heterocycles. The van der Waals surface area contributed by atoms with Crippen LogP contribution in [-0.2, 0) is 4.74 Å². The highest BCUT2D eigenvalue weighted by Crippen LogP contribution is 2.22. The van der Waals surface area contributed by atoms with Gasteiger partial charge in [0.15, 0.2) is 0 Å². The molecule has 24 heavy (non-hydrogen) atoms. The zero-order valence-electron chi connectivity index (χ0n) is 14.3. The molecule has 1 saturated heterocycles. The molecule has 1 aliphatic heterocycles. The molecule has 8 nitrogen and oxygen atoms in total. The minimum Gasteiger partial charge on any atom is -0.444 e. The first-order chi connectivity index (χ1) is 11.2. The summed E-state index contributed by atoms with van der Waals surface area (Å²) >= 11 is 0. The number of pyridine rings is 1. The highest BCUT2D eigenvalue weighted by molar-refractivity contribution is 5.67. The van der Waals surface area contributed by atoms with Crippen LogP contribution >= 0.6 is 0 Å². The third-order valence-electron chi connectivity index (χ3n) is 3.72. The Labute approximate surface area is 141 Å². The molecule has 0 spiro atoms. The predicted molar refractivity (Wildman–Crippen MR) is 90.1 cm³/mol. The first-order valence-corrected chi connectivity index (χ1v) is 8.07. The number of aromatic nitrogens is 1. The second kappa shape index (κ2) is 7.46. The molecule has 8 heteroatoms. The summed E-state index contributed by atoms with van der Waals surface area (Å²) in [5.74, 6) is 1.02. The maximum absolute atomic E-state index is 11.7. The van der Waals surface area contributed by atoms with Crippen LogP contribution in [0, 0.1) is 16.0 Å². The standard InChI is InChI=1S/C16H24N4O4/c1-16(2,3)24-15(21)18-9-12-5-4-8-19(11-12)14-7-6-13(10-17-14)20(22)23/h6-7,10,12H,4-5,8-9,11H2,1-3H3,(H,18,21)/t12-/m1/s1. The summed E-state index contributed by atoms with van der Waals surface area (Å²) in [5, 5.41) is 13.5. The summed E-state index contributed by atoms with van der Waals surface area (Å²) in [5.41, 5.74) is -0.523. The molecule has 132 valence electrons. The number of nitrogens with zero attached hydrogens (tertiary/aromatic N) is 3. The van der Waals surface area contributed by atoms with Gasteiger partial charge < -0.3 is 15.0 Å². The second-order valence-electron chi connectivity index (χ2n) is 6.97. The molecule has 1 atom stereocenters. The van der Waals surface area contributed by atoms with Crippen LogP contribution in [0.3, 0.4) is 0 Å². The van der Waals surface area contributed by atoms with E-state index in [1.807, 2.05) is 20.8 Å². The predicted octanol–water partition coefficient (Wildman–Crippen LogP) is 2.73. The summed E-state index contributed by atoms with van der Waals surface area (Å²) < 4.78 is 5.24. The third-order valence-corrected chi connectivity index (χ3v) is 3.72. The van der Waals surface area contributed by atoms with Crippen molar-refractivity contribution in [2.24, 2.45) is 5.92 Å². The molecule has 1 amide bonds. The fourth-order valence-corrected chi connectivity index (χ4v) is 2.65. The molecule has 0 aromatic carbocycles. The first kappa shape index (κ1) is 18.0. The minimum atomic E-state index is -0.509. The van der Waals surface area contributed by atoms with Crippen molar-refractivity contribution < 1.29 is 14.5 Å². The van der Waals surface area contributed by atoms with Crippen molar-refractivity contribution in [2.75, 3.05) is 24.5 Å². The molecule has 1 aromatic rings. The van der Waals surface area contributed by atoms with Crippen LogP contribution in [0.1, 0.15) is 33.6 Å². The Morgan fingerprint density at radius 2 is 2.25 bits per heavy atom. The van der Waals surface area contributed by atoms with E-state index < -0.39 is 16.6 Å². The van der Waals surface area contributed by atoms with E-state index in [1.54, 1.807) is 6.07 Å². The van der Waals surface area contributed by atoms with Crippen molar-refractivity contribution in [3.63, 3.8) is 0 Å². The molecule has 0 aliphatic carbocycles. The van der Waals surface area contributed by atoms with Crippen molar-refractivity contribution >= 4 is 17.6 Å². The van der Waals surface area contributed by atoms with Crippen molar-refractivity contribution in [3.8, 4) is 0 Å². The Kier molecular flexibility index (Phi) is 5.58. The number of carbonyl (C=O) groups is 1. The summed E-state index contributed by atoms with van der Waals surface area (Å²) in [6.45, 7) is 7.63. The number of piperidine rings is 1. The summed E-state index contributed by atoms with van der Waals surface area (Å²) in [6.07, 6.45) is 2.87. The van der Waals surface area contributed by atoms with Gasteiger partial charge in [-0.2, -0.15) is 0 Å². The van der Waals surface area contributed by atoms with E-state index in [0.717, 1.165) is 31.7 Å². The van der Waals surface area contributed by atoms with E-state index in [4.69, 9.17) is 4.74 Å². The lowest BCUT2D eigenvalue weighted by molar-refractivity contribution is -0.385. The Morgan fingerprint density at radius 1 is 1.50 bits per heavy atom. The average molecular weight is 336 g/mol. The molecule has 0 unspecified atom stereocenters. The molecule has 0 bridgehead atoms. The number of hydrogen-bond donors (Lipinski definition) is 1. The van der Waals surface area contributed by atoms with Crippen LogP contribution in [0.5, 0.6) is 0 Å². The molecule has 2 heterocycles. The summed E-state index contributed by atoms with van der Waals surface area (Å²) in [4.78, 5) is 28.2. The van der Waals surface area contributed by atoms with Crippen LogP contribution in [-0.4, -0.2) is 41.2 Å². The highest BCUT2D eigenvalue weighted by Gasteiger charge is 2.23.